The highest BCUT2D eigenvalue weighted by molar-refractivity contribution is 5.29. The van der Waals surface area contributed by atoms with Gasteiger partial charge in [0.15, 0.2) is 12.4 Å². The van der Waals surface area contributed by atoms with E-state index in [1.165, 1.54) is 12.3 Å². The topological polar surface area (TPSA) is 22.1 Å². The third-order valence-electron chi connectivity index (χ3n) is 2.04. The fourth-order valence-corrected chi connectivity index (χ4v) is 1.25. The largest absolute Gasteiger partial charge is 0.466 e. The molecule has 0 bridgehead atoms. The molecule has 6 heteroatoms. The van der Waals surface area contributed by atoms with E-state index >= 15 is 0 Å². The van der Waals surface area contributed by atoms with E-state index in [1.807, 2.05) is 0 Å². The molecule has 1 heterocycles. The lowest BCUT2D eigenvalue weighted by Crippen LogP contribution is -2.21. The highest BCUT2D eigenvalue weighted by atomic mass is 19.4. The first-order chi connectivity index (χ1) is 7.61. The third-order valence-corrected chi connectivity index (χ3v) is 2.04. The third kappa shape index (κ3) is 3.87. The first-order valence-corrected chi connectivity index (χ1v) is 4.96. The lowest BCUT2D eigenvalue weighted by Gasteiger charge is -2.20. The van der Waals surface area contributed by atoms with E-state index in [4.69, 9.17) is 0 Å². The molecule has 0 aromatic carbocycles. The van der Waals surface area contributed by atoms with Crippen molar-refractivity contribution in [1.29, 1.82) is 0 Å². The fraction of sp³-hybridized carbons (Fsp3) is 0.545. The van der Waals surface area contributed by atoms with Crippen LogP contribution in [0.2, 0.25) is 0 Å². The number of pyridine rings is 1. The summed E-state index contributed by atoms with van der Waals surface area (Å²) in [5.41, 5.74) is -0.256. The van der Waals surface area contributed by atoms with Crippen LogP contribution in [-0.2, 0) is 5.41 Å². The fourth-order valence-electron chi connectivity index (χ4n) is 1.25. The number of aromatic nitrogens is 1. The monoisotopic (exact) mass is 251 g/mol. The van der Waals surface area contributed by atoms with Gasteiger partial charge in [-0.25, -0.2) is 9.37 Å². The molecule has 1 aromatic rings. The maximum atomic E-state index is 13.8. The van der Waals surface area contributed by atoms with Crippen molar-refractivity contribution in [2.24, 2.45) is 0 Å². The van der Waals surface area contributed by atoms with Crippen LogP contribution < -0.4 is 4.74 Å². The molecule has 17 heavy (non-hydrogen) atoms. The number of ether oxygens (including phenoxy) is 1. The molecule has 0 spiro atoms. The van der Waals surface area contributed by atoms with Gasteiger partial charge in [-0.3, -0.25) is 0 Å². The van der Waals surface area contributed by atoms with Gasteiger partial charge < -0.3 is 4.74 Å². The Kier molecular flexibility index (Phi) is 3.64. The zero-order valence-electron chi connectivity index (χ0n) is 9.73. The molecule has 0 saturated carbocycles. The Morgan fingerprint density at radius 2 is 1.82 bits per heavy atom. The van der Waals surface area contributed by atoms with E-state index in [0.717, 1.165) is 0 Å². The number of hydrogen-bond donors (Lipinski definition) is 0. The predicted molar refractivity (Wildman–Crippen MR) is 54.4 cm³/mol. The highest BCUT2D eigenvalue weighted by Gasteiger charge is 2.30. The molecule has 1 rings (SSSR count). The van der Waals surface area contributed by atoms with Crippen LogP contribution in [0.1, 0.15) is 26.3 Å². The molecule has 0 fully saturated rings. The van der Waals surface area contributed by atoms with E-state index in [0.29, 0.717) is 0 Å². The second-order valence-electron chi connectivity index (χ2n) is 4.63. The number of nitrogens with zero attached hydrogens (tertiary/aromatic N) is 1. The molecule has 0 aliphatic heterocycles. The molecule has 0 amide bonds. The molecule has 0 atom stereocenters. The van der Waals surface area contributed by atoms with Crippen molar-refractivity contribution in [2.75, 3.05) is 6.61 Å². The molecule has 2 nitrogen and oxygen atoms in total. The summed E-state index contributed by atoms with van der Waals surface area (Å²) < 4.78 is 53.9. The van der Waals surface area contributed by atoms with Crippen LogP contribution >= 0.6 is 0 Å². The predicted octanol–water partition coefficient (Wildman–Crippen LogP) is 3.46. The van der Waals surface area contributed by atoms with Gasteiger partial charge in [-0.05, 0) is 11.5 Å². The maximum absolute atomic E-state index is 13.8. The van der Waals surface area contributed by atoms with Crippen LogP contribution in [0.3, 0.4) is 0 Å². The van der Waals surface area contributed by atoms with E-state index in [-0.39, 0.29) is 5.56 Å². The Labute approximate surface area is 96.6 Å². The summed E-state index contributed by atoms with van der Waals surface area (Å²) in [6, 6.07) is 1.43. The molecule has 0 N–H and O–H groups in total. The molecule has 0 aliphatic carbocycles. The zero-order valence-corrected chi connectivity index (χ0v) is 9.73. The van der Waals surface area contributed by atoms with Crippen LogP contribution in [0.5, 0.6) is 5.88 Å². The number of alkyl halides is 3. The average molecular weight is 251 g/mol. The molecule has 0 aliphatic rings. The van der Waals surface area contributed by atoms with Crippen molar-refractivity contribution in [3.63, 3.8) is 0 Å². The number of hydrogen-bond acceptors (Lipinski definition) is 2. The maximum Gasteiger partial charge on any atom is 0.422 e. The van der Waals surface area contributed by atoms with Gasteiger partial charge in [0.05, 0.1) is 0 Å². The van der Waals surface area contributed by atoms with Gasteiger partial charge in [-0.1, -0.05) is 20.8 Å². The normalized spacial score (nSPS) is 12.6. The van der Waals surface area contributed by atoms with Crippen molar-refractivity contribution in [2.45, 2.75) is 32.4 Å². The Bertz CT molecular complexity index is 395. The van der Waals surface area contributed by atoms with Crippen molar-refractivity contribution in [1.82, 2.24) is 4.98 Å². The van der Waals surface area contributed by atoms with Crippen LogP contribution in [0.25, 0.3) is 0 Å². The first-order valence-electron chi connectivity index (χ1n) is 4.96. The van der Waals surface area contributed by atoms with E-state index < -0.39 is 29.9 Å². The van der Waals surface area contributed by atoms with E-state index in [2.05, 4.69) is 9.72 Å². The van der Waals surface area contributed by atoms with Gasteiger partial charge in [-0.2, -0.15) is 13.2 Å². The Morgan fingerprint density at radius 3 is 2.29 bits per heavy atom. The van der Waals surface area contributed by atoms with Crippen LogP contribution in [0.15, 0.2) is 12.3 Å². The Balaban J connectivity index is 2.96. The van der Waals surface area contributed by atoms with Crippen molar-refractivity contribution >= 4 is 0 Å². The smallest absolute Gasteiger partial charge is 0.422 e. The second kappa shape index (κ2) is 4.50. The van der Waals surface area contributed by atoms with Gasteiger partial charge in [-0.15, -0.1) is 0 Å². The molecule has 0 unspecified atom stereocenters. The van der Waals surface area contributed by atoms with Crippen LogP contribution in [0.4, 0.5) is 17.6 Å². The highest BCUT2D eigenvalue weighted by Crippen LogP contribution is 2.29. The van der Waals surface area contributed by atoms with Crippen molar-refractivity contribution < 1.29 is 22.3 Å². The molecule has 0 radical (unpaired) electrons. The summed E-state index contributed by atoms with van der Waals surface area (Å²) in [6.45, 7) is 3.70. The summed E-state index contributed by atoms with van der Waals surface area (Å²) >= 11 is 0. The molecule has 1 aromatic heterocycles. The first kappa shape index (κ1) is 13.7. The number of rotatable bonds is 2. The molecular weight excluding hydrogens is 238 g/mol. The van der Waals surface area contributed by atoms with Gasteiger partial charge in [0.25, 0.3) is 5.88 Å². The summed E-state index contributed by atoms with van der Waals surface area (Å²) in [4.78, 5) is 3.46. The van der Waals surface area contributed by atoms with Crippen molar-refractivity contribution in [3.05, 3.63) is 23.6 Å². The summed E-state index contributed by atoms with van der Waals surface area (Å²) in [7, 11) is 0. The summed E-state index contributed by atoms with van der Waals surface area (Å²) in [5.74, 6) is -1.46. The second-order valence-corrected chi connectivity index (χ2v) is 4.63. The Hall–Kier alpha value is -1.33. The summed E-state index contributed by atoms with van der Waals surface area (Å²) in [6.07, 6.45) is -3.28. The van der Waals surface area contributed by atoms with Crippen molar-refractivity contribution in [3.8, 4) is 5.88 Å². The summed E-state index contributed by atoms with van der Waals surface area (Å²) in [5, 5.41) is 0. The van der Waals surface area contributed by atoms with Gasteiger partial charge >= 0.3 is 6.18 Å². The zero-order chi connectivity index (χ0) is 13.3. The van der Waals surface area contributed by atoms with Gasteiger partial charge in [0, 0.05) is 11.8 Å². The lowest BCUT2D eigenvalue weighted by molar-refractivity contribution is -0.154. The molecule has 96 valence electrons. The minimum atomic E-state index is -4.51. The van der Waals surface area contributed by atoms with Gasteiger partial charge in [0.2, 0.25) is 0 Å². The SMILES string of the molecule is CC(C)(C)c1ccnc(OCC(F)(F)F)c1F. The minimum absolute atomic E-state index is 0.268. The lowest BCUT2D eigenvalue weighted by atomic mass is 9.87. The minimum Gasteiger partial charge on any atom is -0.466 e. The quantitative estimate of drug-likeness (QED) is 0.751. The van der Waals surface area contributed by atoms with E-state index in [9.17, 15) is 17.6 Å². The standard InChI is InChI=1S/C11H13F4NO/c1-10(2,3)7-4-5-16-9(8(7)12)17-6-11(13,14)15/h4-5H,6H2,1-3H3. The van der Waals surface area contributed by atoms with E-state index in [1.54, 1.807) is 20.8 Å². The van der Waals surface area contributed by atoms with Crippen LogP contribution in [-0.4, -0.2) is 17.8 Å². The average Bonchev–Trinajstić information content (AvgIpc) is 2.13. The number of halogens is 4. The molecule has 0 saturated heterocycles. The Morgan fingerprint density at radius 1 is 1.24 bits per heavy atom. The van der Waals surface area contributed by atoms with Gasteiger partial charge in [0.1, 0.15) is 0 Å². The molecular formula is C11H13F4NO. The van der Waals surface area contributed by atoms with Crippen LogP contribution in [0, 0.1) is 5.82 Å².